The van der Waals surface area contributed by atoms with Gasteiger partial charge in [-0.15, -0.1) is 0 Å². The fourth-order valence-corrected chi connectivity index (χ4v) is 1.28. The van der Waals surface area contributed by atoms with Gasteiger partial charge in [0, 0.05) is 6.07 Å². The van der Waals surface area contributed by atoms with Crippen molar-refractivity contribution in [3.05, 3.63) is 39.9 Å². The molecule has 0 aliphatic carbocycles. The monoisotopic (exact) mass is 220 g/mol. The van der Waals surface area contributed by atoms with Crippen LogP contribution < -0.4 is 0 Å². The topological polar surface area (TPSA) is 104 Å². The van der Waals surface area contributed by atoms with Crippen molar-refractivity contribution in [3.8, 4) is 6.07 Å². The maximum absolute atomic E-state index is 11.0. The lowest BCUT2D eigenvalue weighted by molar-refractivity contribution is -0.385. The number of benzene rings is 1. The summed E-state index contributed by atoms with van der Waals surface area (Å²) in [6.07, 6.45) is 0. The summed E-state index contributed by atoms with van der Waals surface area (Å²) >= 11 is 0. The molecule has 1 atom stereocenters. The van der Waals surface area contributed by atoms with Gasteiger partial charge in [0.2, 0.25) is 0 Å². The van der Waals surface area contributed by atoms with Gasteiger partial charge < -0.3 is 5.11 Å². The highest BCUT2D eigenvalue weighted by atomic mass is 16.6. The molecule has 0 radical (unpaired) electrons. The average Bonchev–Trinajstić information content (AvgIpc) is 2.27. The Hall–Kier alpha value is -2.42. The van der Waals surface area contributed by atoms with Crippen LogP contribution in [0, 0.1) is 21.4 Å². The first-order valence-electron chi connectivity index (χ1n) is 4.32. The first-order valence-corrected chi connectivity index (χ1v) is 4.32. The van der Waals surface area contributed by atoms with E-state index >= 15 is 0 Å². The zero-order valence-corrected chi connectivity index (χ0v) is 8.38. The Labute approximate surface area is 90.9 Å². The van der Waals surface area contributed by atoms with Crippen molar-refractivity contribution >= 4 is 11.7 Å². The van der Waals surface area contributed by atoms with Crippen LogP contribution >= 0.6 is 0 Å². The second-order valence-electron chi connectivity index (χ2n) is 3.32. The van der Waals surface area contributed by atoms with Crippen molar-refractivity contribution in [2.45, 2.75) is 12.3 Å². The first kappa shape index (κ1) is 11.7. The van der Waals surface area contributed by atoms with E-state index in [1.807, 2.05) is 0 Å². The molecule has 82 valence electrons. The Kier molecular flexibility index (Phi) is 2.90. The van der Waals surface area contributed by atoms with Crippen molar-refractivity contribution in [3.63, 3.8) is 0 Å². The number of hydrogen-bond acceptors (Lipinski definition) is 4. The molecule has 6 heteroatoms. The summed E-state index contributed by atoms with van der Waals surface area (Å²) in [7, 11) is 0. The lowest BCUT2D eigenvalue weighted by Crippen LogP contribution is -2.31. The lowest BCUT2D eigenvalue weighted by atomic mass is 9.83. The molecular weight excluding hydrogens is 212 g/mol. The third kappa shape index (κ3) is 1.70. The fourth-order valence-electron chi connectivity index (χ4n) is 1.28. The van der Waals surface area contributed by atoms with E-state index in [1.54, 1.807) is 6.07 Å². The van der Waals surface area contributed by atoms with Crippen molar-refractivity contribution in [2.75, 3.05) is 0 Å². The van der Waals surface area contributed by atoms with E-state index in [9.17, 15) is 14.9 Å². The highest BCUT2D eigenvalue weighted by Crippen LogP contribution is 2.31. The number of rotatable bonds is 3. The van der Waals surface area contributed by atoms with Crippen LogP contribution in [0.15, 0.2) is 24.3 Å². The molecule has 0 saturated heterocycles. The molecule has 1 rings (SSSR count). The van der Waals surface area contributed by atoms with Gasteiger partial charge in [0.15, 0.2) is 5.41 Å². The van der Waals surface area contributed by atoms with Crippen LogP contribution in [0.5, 0.6) is 0 Å². The van der Waals surface area contributed by atoms with Gasteiger partial charge in [0.1, 0.15) is 0 Å². The van der Waals surface area contributed by atoms with Crippen molar-refractivity contribution in [2.24, 2.45) is 0 Å². The molecule has 1 aromatic carbocycles. The molecule has 0 spiro atoms. The Morgan fingerprint density at radius 2 is 2.12 bits per heavy atom. The van der Waals surface area contributed by atoms with Crippen LogP contribution in [-0.4, -0.2) is 16.0 Å². The van der Waals surface area contributed by atoms with Gasteiger partial charge in [0.25, 0.3) is 5.69 Å². The van der Waals surface area contributed by atoms with Crippen LogP contribution in [0.2, 0.25) is 0 Å². The number of nitro benzene ring substituents is 1. The fraction of sp³-hybridized carbons (Fsp3) is 0.200. The number of para-hydroxylation sites is 1. The van der Waals surface area contributed by atoms with Gasteiger partial charge in [0.05, 0.1) is 16.6 Å². The van der Waals surface area contributed by atoms with E-state index in [2.05, 4.69) is 0 Å². The number of nitro groups is 1. The summed E-state index contributed by atoms with van der Waals surface area (Å²) in [4.78, 5) is 21.0. The summed E-state index contributed by atoms with van der Waals surface area (Å²) in [5.41, 5.74) is -2.40. The molecule has 0 heterocycles. The van der Waals surface area contributed by atoms with Gasteiger partial charge in [-0.3, -0.25) is 14.9 Å². The van der Waals surface area contributed by atoms with E-state index < -0.39 is 16.3 Å². The molecule has 1 unspecified atom stereocenters. The zero-order valence-electron chi connectivity index (χ0n) is 8.38. The van der Waals surface area contributed by atoms with Gasteiger partial charge >= 0.3 is 5.97 Å². The molecule has 0 fully saturated rings. The van der Waals surface area contributed by atoms with Crippen molar-refractivity contribution in [1.82, 2.24) is 0 Å². The standard InChI is InChI=1S/C10H8N2O4/c1-10(6-11,9(13)14)7-4-2-3-5-8(7)12(15)16/h2-5H,1H3,(H,13,14). The molecule has 0 saturated carbocycles. The highest BCUT2D eigenvalue weighted by molar-refractivity contribution is 5.86. The van der Waals surface area contributed by atoms with E-state index in [-0.39, 0.29) is 11.3 Å². The Balaban J connectivity index is 3.49. The molecule has 0 aliphatic heterocycles. The molecule has 0 aromatic heterocycles. The predicted molar refractivity (Wildman–Crippen MR) is 53.7 cm³/mol. The summed E-state index contributed by atoms with van der Waals surface area (Å²) in [5.74, 6) is -1.41. The Morgan fingerprint density at radius 1 is 1.56 bits per heavy atom. The predicted octanol–water partition coefficient (Wildman–Crippen LogP) is 1.46. The normalized spacial score (nSPS) is 13.5. The number of carboxylic acid groups (broad SMARTS) is 1. The quantitative estimate of drug-likeness (QED) is 0.613. The molecular formula is C10H8N2O4. The highest BCUT2D eigenvalue weighted by Gasteiger charge is 2.40. The smallest absolute Gasteiger partial charge is 0.328 e. The Bertz CT molecular complexity index is 492. The third-order valence-corrected chi connectivity index (χ3v) is 2.29. The summed E-state index contributed by atoms with van der Waals surface area (Å²) < 4.78 is 0. The summed E-state index contributed by atoms with van der Waals surface area (Å²) in [5, 5.41) is 28.5. The number of carbonyl (C=O) groups is 1. The third-order valence-electron chi connectivity index (χ3n) is 2.29. The SMILES string of the molecule is CC(C#N)(C(=O)O)c1ccccc1[N+](=O)[O-]. The molecule has 0 amide bonds. The van der Waals surface area contributed by atoms with Gasteiger partial charge in [-0.2, -0.15) is 5.26 Å². The molecule has 0 aliphatic rings. The number of carboxylic acids is 1. The average molecular weight is 220 g/mol. The number of nitriles is 1. The molecule has 1 N–H and O–H groups in total. The lowest BCUT2D eigenvalue weighted by Gasteiger charge is -2.15. The van der Waals surface area contributed by atoms with Crippen LogP contribution in [0.25, 0.3) is 0 Å². The number of aliphatic carboxylic acids is 1. The maximum Gasteiger partial charge on any atom is 0.328 e. The molecule has 0 bridgehead atoms. The maximum atomic E-state index is 11.0. The van der Waals surface area contributed by atoms with Crippen LogP contribution in [-0.2, 0) is 10.2 Å². The molecule has 1 aromatic rings. The minimum Gasteiger partial charge on any atom is -0.480 e. The molecule has 16 heavy (non-hydrogen) atoms. The van der Waals surface area contributed by atoms with Gasteiger partial charge in [-0.25, -0.2) is 0 Å². The molecule has 6 nitrogen and oxygen atoms in total. The van der Waals surface area contributed by atoms with Crippen LogP contribution in [0.1, 0.15) is 12.5 Å². The van der Waals surface area contributed by atoms with Gasteiger partial charge in [-0.1, -0.05) is 12.1 Å². The second kappa shape index (κ2) is 3.98. The van der Waals surface area contributed by atoms with E-state index in [4.69, 9.17) is 10.4 Å². The summed E-state index contributed by atoms with van der Waals surface area (Å²) in [6.45, 7) is 1.14. The van der Waals surface area contributed by atoms with Gasteiger partial charge in [-0.05, 0) is 13.0 Å². The van der Waals surface area contributed by atoms with Crippen molar-refractivity contribution in [1.29, 1.82) is 5.26 Å². The van der Waals surface area contributed by atoms with Crippen LogP contribution in [0.3, 0.4) is 0 Å². The van der Waals surface area contributed by atoms with Crippen molar-refractivity contribution < 1.29 is 14.8 Å². The second-order valence-corrected chi connectivity index (χ2v) is 3.32. The van der Waals surface area contributed by atoms with Crippen LogP contribution in [0.4, 0.5) is 5.69 Å². The largest absolute Gasteiger partial charge is 0.480 e. The number of hydrogen-bond donors (Lipinski definition) is 1. The van der Waals surface area contributed by atoms with E-state index in [0.717, 1.165) is 6.92 Å². The van der Waals surface area contributed by atoms with E-state index in [1.165, 1.54) is 24.3 Å². The van der Waals surface area contributed by atoms with E-state index in [0.29, 0.717) is 0 Å². The Morgan fingerprint density at radius 3 is 2.56 bits per heavy atom. The minimum absolute atomic E-state index is 0.116. The zero-order chi connectivity index (χ0) is 12.3. The number of nitrogens with zero attached hydrogens (tertiary/aromatic N) is 2. The summed E-state index contributed by atoms with van der Waals surface area (Å²) in [6, 6.07) is 6.91. The first-order chi connectivity index (χ1) is 7.43. The minimum atomic E-state index is -1.91.